The van der Waals surface area contributed by atoms with E-state index < -0.39 is 0 Å². The third-order valence-electron chi connectivity index (χ3n) is 4.44. The summed E-state index contributed by atoms with van der Waals surface area (Å²) in [5.41, 5.74) is 0. The molecule has 2 fully saturated rings. The van der Waals surface area contributed by atoms with E-state index in [4.69, 9.17) is 0 Å². The largest absolute Gasteiger partial charge is 0.316 e. The molecule has 2 rings (SSSR count). The summed E-state index contributed by atoms with van der Waals surface area (Å²) in [5, 5.41) is 3.53. The Morgan fingerprint density at radius 2 is 2.12 bits per heavy atom. The van der Waals surface area contributed by atoms with Crippen molar-refractivity contribution >= 4 is 0 Å². The van der Waals surface area contributed by atoms with Crippen LogP contribution in [0.3, 0.4) is 0 Å². The van der Waals surface area contributed by atoms with Crippen molar-refractivity contribution in [2.45, 2.75) is 57.9 Å². The molecule has 2 saturated heterocycles. The predicted molar refractivity (Wildman–Crippen MR) is 69.7 cm³/mol. The van der Waals surface area contributed by atoms with Crippen molar-refractivity contribution in [2.75, 3.05) is 26.2 Å². The van der Waals surface area contributed by atoms with Crippen LogP contribution in [0.5, 0.6) is 0 Å². The first-order valence-corrected chi connectivity index (χ1v) is 7.35. The van der Waals surface area contributed by atoms with E-state index in [1.54, 1.807) is 0 Å². The maximum absolute atomic E-state index is 3.53. The molecular weight excluding hydrogens is 196 g/mol. The molecule has 0 radical (unpaired) electrons. The highest BCUT2D eigenvalue weighted by atomic mass is 15.2. The Kier molecular flexibility index (Phi) is 5.11. The first-order valence-electron chi connectivity index (χ1n) is 7.35. The van der Waals surface area contributed by atoms with Crippen molar-refractivity contribution in [3.8, 4) is 0 Å². The van der Waals surface area contributed by atoms with Crippen molar-refractivity contribution < 1.29 is 0 Å². The average Bonchev–Trinajstić information content (AvgIpc) is 2.38. The van der Waals surface area contributed by atoms with Gasteiger partial charge in [-0.2, -0.15) is 0 Å². The normalized spacial score (nSPS) is 32.8. The number of likely N-dealkylation sites (tertiary alicyclic amines) is 1. The van der Waals surface area contributed by atoms with E-state index in [2.05, 4.69) is 17.1 Å². The maximum atomic E-state index is 3.53. The van der Waals surface area contributed by atoms with Crippen molar-refractivity contribution in [3.05, 3.63) is 0 Å². The molecule has 2 nitrogen and oxygen atoms in total. The van der Waals surface area contributed by atoms with Gasteiger partial charge in [0.05, 0.1) is 0 Å². The summed E-state index contributed by atoms with van der Waals surface area (Å²) in [6.45, 7) is 7.58. The minimum absolute atomic E-state index is 0.894. The van der Waals surface area contributed by atoms with Gasteiger partial charge >= 0.3 is 0 Å². The number of rotatable bonds is 4. The van der Waals surface area contributed by atoms with Gasteiger partial charge < -0.3 is 10.2 Å². The lowest BCUT2D eigenvalue weighted by atomic mass is 9.94. The second-order valence-corrected chi connectivity index (χ2v) is 5.59. The highest BCUT2D eigenvalue weighted by molar-refractivity contribution is 4.77. The lowest BCUT2D eigenvalue weighted by Gasteiger charge is -2.36. The van der Waals surface area contributed by atoms with Crippen LogP contribution < -0.4 is 5.32 Å². The van der Waals surface area contributed by atoms with E-state index in [1.807, 2.05) is 0 Å². The summed E-state index contributed by atoms with van der Waals surface area (Å²) in [6.07, 6.45) is 9.95. The summed E-state index contributed by atoms with van der Waals surface area (Å²) in [6, 6.07) is 0.894. The van der Waals surface area contributed by atoms with E-state index in [0.717, 1.165) is 12.0 Å². The summed E-state index contributed by atoms with van der Waals surface area (Å²) >= 11 is 0. The van der Waals surface area contributed by atoms with Gasteiger partial charge in [0.1, 0.15) is 0 Å². The van der Waals surface area contributed by atoms with Gasteiger partial charge in [-0.1, -0.05) is 13.3 Å². The van der Waals surface area contributed by atoms with Crippen LogP contribution in [0.1, 0.15) is 51.9 Å². The molecule has 0 aromatic rings. The Labute approximate surface area is 101 Å². The fourth-order valence-electron chi connectivity index (χ4n) is 3.34. The molecule has 2 heteroatoms. The van der Waals surface area contributed by atoms with E-state index in [1.165, 1.54) is 71.1 Å². The predicted octanol–water partition coefficient (Wildman–Crippen LogP) is 2.64. The molecule has 0 aromatic carbocycles. The summed E-state index contributed by atoms with van der Waals surface area (Å²) in [7, 11) is 0. The van der Waals surface area contributed by atoms with Crippen molar-refractivity contribution in [3.63, 3.8) is 0 Å². The number of nitrogens with zero attached hydrogens (tertiary/aromatic N) is 1. The molecule has 16 heavy (non-hydrogen) atoms. The summed E-state index contributed by atoms with van der Waals surface area (Å²) in [4.78, 5) is 2.76. The van der Waals surface area contributed by atoms with Crippen LogP contribution in [-0.2, 0) is 0 Å². The summed E-state index contributed by atoms with van der Waals surface area (Å²) in [5.74, 6) is 0.952. The van der Waals surface area contributed by atoms with Gasteiger partial charge in [0.15, 0.2) is 0 Å². The lowest BCUT2D eigenvalue weighted by molar-refractivity contribution is 0.131. The minimum atomic E-state index is 0.894. The van der Waals surface area contributed by atoms with Gasteiger partial charge in [0.2, 0.25) is 0 Å². The van der Waals surface area contributed by atoms with Crippen molar-refractivity contribution in [1.82, 2.24) is 10.2 Å². The van der Waals surface area contributed by atoms with Crippen LogP contribution in [0, 0.1) is 5.92 Å². The third kappa shape index (κ3) is 3.46. The van der Waals surface area contributed by atoms with Gasteiger partial charge in [0.25, 0.3) is 0 Å². The van der Waals surface area contributed by atoms with Gasteiger partial charge in [-0.05, 0) is 70.6 Å². The van der Waals surface area contributed by atoms with Crippen molar-refractivity contribution in [1.29, 1.82) is 0 Å². The molecular formula is C14H28N2. The minimum Gasteiger partial charge on any atom is -0.316 e. The van der Waals surface area contributed by atoms with Gasteiger partial charge in [-0.15, -0.1) is 0 Å². The zero-order chi connectivity index (χ0) is 11.2. The molecule has 2 heterocycles. The Bertz CT molecular complexity index is 187. The van der Waals surface area contributed by atoms with Crippen LogP contribution in [0.15, 0.2) is 0 Å². The molecule has 2 aliphatic heterocycles. The fourth-order valence-corrected chi connectivity index (χ4v) is 3.34. The first-order chi connectivity index (χ1) is 7.90. The molecule has 0 saturated carbocycles. The van der Waals surface area contributed by atoms with Crippen LogP contribution in [0.4, 0.5) is 0 Å². The van der Waals surface area contributed by atoms with Crippen LogP contribution in [-0.4, -0.2) is 37.1 Å². The van der Waals surface area contributed by atoms with E-state index in [0.29, 0.717) is 0 Å². The molecule has 2 aliphatic rings. The Balaban J connectivity index is 1.70. The Morgan fingerprint density at radius 1 is 1.19 bits per heavy atom. The number of hydrogen-bond donors (Lipinski definition) is 1. The SMILES string of the molecule is CC[C@H]1CCCCN1CC[C@H]1CCCNC1. The Morgan fingerprint density at radius 3 is 2.88 bits per heavy atom. The average molecular weight is 224 g/mol. The van der Waals surface area contributed by atoms with Crippen LogP contribution in [0.2, 0.25) is 0 Å². The molecule has 2 atom stereocenters. The molecule has 1 N–H and O–H groups in total. The number of hydrogen-bond acceptors (Lipinski definition) is 2. The van der Waals surface area contributed by atoms with Gasteiger partial charge in [-0.25, -0.2) is 0 Å². The van der Waals surface area contributed by atoms with Gasteiger partial charge in [-0.3, -0.25) is 0 Å². The zero-order valence-corrected chi connectivity index (χ0v) is 10.9. The summed E-state index contributed by atoms with van der Waals surface area (Å²) < 4.78 is 0. The smallest absolute Gasteiger partial charge is 0.00926 e. The molecule has 0 unspecified atom stereocenters. The van der Waals surface area contributed by atoms with Crippen LogP contribution >= 0.6 is 0 Å². The maximum Gasteiger partial charge on any atom is 0.00926 e. The molecule has 94 valence electrons. The van der Waals surface area contributed by atoms with E-state index >= 15 is 0 Å². The van der Waals surface area contributed by atoms with E-state index in [9.17, 15) is 0 Å². The highest BCUT2D eigenvalue weighted by Gasteiger charge is 2.21. The molecule has 0 spiro atoms. The highest BCUT2D eigenvalue weighted by Crippen LogP contribution is 2.22. The molecule has 0 aliphatic carbocycles. The quantitative estimate of drug-likeness (QED) is 0.790. The Hall–Kier alpha value is -0.0800. The molecule has 0 amide bonds. The second kappa shape index (κ2) is 6.61. The van der Waals surface area contributed by atoms with E-state index in [-0.39, 0.29) is 0 Å². The number of piperidine rings is 2. The first kappa shape index (κ1) is 12.4. The van der Waals surface area contributed by atoms with Crippen molar-refractivity contribution in [2.24, 2.45) is 5.92 Å². The fraction of sp³-hybridized carbons (Fsp3) is 1.00. The number of nitrogens with one attached hydrogen (secondary N) is 1. The standard InChI is InChI=1S/C14H28N2/c1-2-14-7-3-4-10-16(14)11-8-13-6-5-9-15-12-13/h13-15H,2-12H2,1H3/t13-,14+/m1/s1. The monoisotopic (exact) mass is 224 g/mol. The zero-order valence-electron chi connectivity index (χ0n) is 10.9. The molecule has 0 aromatic heterocycles. The third-order valence-corrected chi connectivity index (χ3v) is 4.44. The molecule has 0 bridgehead atoms. The topological polar surface area (TPSA) is 15.3 Å². The van der Waals surface area contributed by atoms with Crippen LogP contribution in [0.25, 0.3) is 0 Å². The van der Waals surface area contributed by atoms with Gasteiger partial charge in [0, 0.05) is 6.04 Å². The second-order valence-electron chi connectivity index (χ2n) is 5.59. The lowest BCUT2D eigenvalue weighted by Crippen LogP contribution is -2.41.